The number of aromatic nitrogens is 2. The predicted octanol–water partition coefficient (Wildman–Crippen LogP) is 3.48. The van der Waals surface area contributed by atoms with Crippen LogP contribution in [0.1, 0.15) is 5.56 Å². The molecule has 0 radical (unpaired) electrons. The average Bonchev–Trinajstić information content (AvgIpc) is 3.08. The molecule has 0 saturated carbocycles. The molecule has 0 atom stereocenters. The molecule has 2 aromatic carbocycles. The number of fused-ring (bicyclic) bond motifs is 2. The molecule has 0 spiro atoms. The molecule has 1 aliphatic heterocycles. The fraction of sp³-hybridized carbons (Fsp3) is 0.133. The summed E-state index contributed by atoms with van der Waals surface area (Å²) in [6.07, 6.45) is 0.965. The minimum atomic E-state index is -0.909. The number of aromatic amines is 1. The third-order valence-corrected chi connectivity index (χ3v) is 3.63. The Bertz CT molecular complexity index is 823. The number of benzene rings is 2. The molecule has 1 aliphatic rings. The Morgan fingerprint density at radius 3 is 2.90 bits per heavy atom. The van der Waals surface area contributed by atoms with Crippen molar-refractivity contribution in [1.82, 2.24) is 9.97 Å². The third kappa shape index (κ3) is 1.59. The summed E-state index contributed by atoms with van der Waals surface area (Å²) in [5.41, 5.74) is 3.76. The van der Waals surface area contributed by atoms with Gasteiger partial charge in [-0.05, 0) is 42.3 Å². The van der Waals surface area contributed by atoms with Crippen LogP contribution in [0.3, 0.4) is 0 Å². The van der Waals surface area contributed by atoms with Crippen molar-refractivity contribution in [1.29, 1.82) is 0 Å². The highest BCUT2D eigenvalue weighted by atomic mass is 19.2. The van der Waals surface area contributed by atoms with Gasteiger partial charge in [-0.3, -0.25) is 0 Å². The summed E-state index contributed by atoms with van der Waals surface area (Å²) < 4.78 is 26.9. The van der Waals surface area contributed by atoms with Gasteiger partial charge in [-0.2, -0.15) is 0 Å². The van der Waals surface area contributed by atoms with Crippen LogP contribution in [0.15, 0.2) is 30.3 Å². The molecule has 0 unspecified atom stereocenters. The molecule has 1 aromatic heterocycles. The van der Waals surface area contributed by atoms with E-state index in [1.807, 2.05) is 18.2 Å². The normalized spacial score (nSPS) is 13.5. The molecule has 3 aromatic rings. The summed E-state index contributed by atoms with van der Waals surface area (Å²) in [6, 6.07) is 8.54. The fourth-order valence-corrected chi connectivity index (χ4v) is 2.61. The Morgan fingerprint density at radius 1 is 1.10 bits per heavy atom. The number of halogens is 2. The summed E-state index contributed by atoms with van der Waals surface area (Å²) in [5, 5.41) is 3.28. The smallest absolute Gasteiger partial charge is 0.186 e. The van der Waals surface area contributed by atoms with Gasteiger partial charge in [-0.15, -0.1) is 0 Å². The van der Waals surface area contributed by atoms with E-state index in [2.05, 4.69) is 15.3 Å². The number of nitrogens with zero attached hydrogens (tertiary/aromatic N) is 1. The van der Waals surface area contributed by atoms with Crippen LogP contribution in [0, 0.1) is 11.6 Å². The fourth-order valence-electron chi connectivity index (χ4n) is 2.61. The summed E-state index contributed by atoms with van der Waals surface area (Å²) in [4.78, 5) is 7.21. The highest BCUT2D eigenvalue weighted by molar-refractivity contribution is 5.80. The Hall–Kier alpha value is -2.43. The maximum Gasteiger partial charge on any atom is 0.186 e. The highest BCUT2D eigenvalue weighted by Crippen LogP contribution is 2.29. The van der Waals surface area contributed by atoms with Gasteiger partial charge in [0.2, 0.25) is 0 Å². The molecule has 4 rings (SSSR count). The van der Waals surface area contributed by atoms with Crippen molar-refractivity contribution < 1.29 is 8.78 Å². The first kappa shape index (κ1) is 11.4. The Labute approximate surface area is 113 Å². The quantitative estimate of drug-likeness (QED) is 0.711. The van der Waals surface area contributed by atoms with Gasteiger partial charge in [-0.1, -0.05) is 0 Å². The largest absolute Gasteiger partial charge is 0.384 e. The summed E-state index contributed by atoms with van der Waals surface area (Å²) >= 11 is 0. The van der Waals surface area contributed by atoms with Crippen molar-refractivity contribution in [2.45, 2.75) is 6.42 Å². The Morgan fingerprint density at radius 2 is 2.00 bits per heavy atom. The van der Waals surface area contributed by atoms with E-state index in [1.54, 1.807) is 0 Å². The lowest BCUT2D eigenvalue weighted by Crippen LogP contribution is -1.90. The van der Waals surface area contributed by atoms with Crippen molar-refractivity contribution >= 4 is 16.7 Å². The van der Waals surface area contributed by atoms with Gasteiger partial charge in [0.25, 0.3) is 0 Å². The van der Waals surface area contributed by atoms with Crippen LogP contribution >= 0.6 is 0 Å². The lowest BCUT2D eigenvalue weighted by atomic mass is 10.1. The first-order valence-corrected chi connectivity index (χ1v) is 6.43. The molecular weight excluding hydrogens is 260 g/mol. The maximum absolute atomic E-state index is 13.7. The van der Waals surface area contributed by atoms with Gasteiger partial charge in [0, 0.05) is 17.8 Å². The second-order valence-electron chi connectivity index (χ2n) is 4.89. The van der Waals surface area contributed by atoms with Crippen molar-refractivity contribution in [2.75, 3.05) is 11.9 Å². The molecule has 0 fully saturated rings. The summed E-state index contributed by atoms with van der Waals surface area (Å²) in [7, 11) is 0. The zero-order valence-corrected chi connectivity index (χ0v) is 10.5. The van der Waals surface area contributed by atoms with Crippen molar-refractivity contribution in [3.8, 4) is 11.4 Å². The maximum atomic E-state index is 13.7. The molecule has 0 aliphatic carbocycles. The van der Waals surface area contributed by atoms with Crippen LogP contribution in [0.4, 0.5) is 14.5 Å². The van der Waals surface area contributed by atoms with Crippen LogP contribution in [-0.2, 0) is 6.42 Å². The third-order valence-electron chi connectivity index (χ3n) is 3.63. The van der Waals surface area contributed by atoms with E-state index >= 15 is 0 Å². The van der Waals surface area contributed by atoms with Gasteiger partial charge in [-0.25, -0.2) is 13.8 Å². The van der Waals surface area contributed by atoms with Crippen molar-refractivity contribution in [3.05, 3.63) is 47.5 Å². The van der Waals surface area contributed by atoms with Gasteiger partial charge >= 0.3 is 0 Å². The lowest BCUT2D eigenvalue weighted by Gasteiger charge is -2.01. The molecule has 3 nitrogen and oxygen atoms in total. The molecule has 0 saturated heterocycles. The summed E-state index contributed by atoms with van der Waals surface area (Å²) in [6.45, 7) is 0.929. The van der Waals surface area contributed by atoms with Gasteiger partial charge in [0.15, 0.2) is 11.6 Å². The zero-order chi connectivity index (χ0) is 13.7. The van der Waals surface area contributed by atoms with Gasteiger partial charge in [0.1, 0.15) is 11.3 Å². The standard InChI is InChI=1S/C15H11F2N3/c16-10-2-4-12-14(13(10)17)20-15(19-12)9-1-3-11-8(7-9)5-6-18-11/h1-4,7,18H,5-6H2,(H,19,20). The van der Waals surface area contributed by atoms with Crippen LogP contribution in [0.2, 0.25) is 0 Å². The van der Waals surface area contributed by atoms with Crippen molar-refractivity contribution in [2.24, 2.45) is 0 Å². The molecule has 0 amide bonds. The summed E-state index contributed by atoms with van der Waals surface area (Å²) in [5.74, 6) is -1.24. The molecule has 100 valence electrons. The van der Waals surface area contributed by atoms with E-state index in [9.17, 15) is 8.78 Å². The van der Waals surface area contributed by atoms with E-state index < -0.39 is 11.6 Å². The monoisotopic (exact) mass is 271 g/mol. The average molecular weight is 271 g/mol. The number of imidazole rings is 1. The van der Waals surface area contributed by atoms with E-state index in [1.165, 1.54) is 11.6 Å². The number of hydrogen-bond acceptors (Lipinski definition) is 2. The number of rotatable bonds is 1. The molecule has 20 heavy (non-hydrogen) atoms. The van der Waals surface area contributed by atoms with Crippen LogP contribution in [0.5, 0.6) is 0 Å². The van der Waals surface area contributed by atoms with E-state index in [4.69, 9.17) is 0 Å². The second-order valence-corrected chi connectivity index (χ2v) is 4.89. The SMILES string of the molecule is Fc1ccc2[nH]c(-c3ccc4c(c3)CCN4)nc2c1F. The first-order valence-electron chi connectivity index (χ1n) is 6.43. The number of anilines is 1. The van der Waals surface area contributed by atoms with Gasteiger partial charge in [0.05, 0.1) is 5.52 Å². The lowest BCUT2D eigenvalue weighted by molar-refractivity contribution is 0.515. The molecule has 2 heterocycles. The van der Waals surface area contributed by atoms with E-state index in [-0.39, 0.29) is 5.52 Å². The Kier molecular flexibility index (Phi) is 2.30. The molecule has 5 heteroatoms. The van der Waals surface area contributed by atoms with E-state index in [0.717, 1.165) is 30.3 Å². The van der Waals surface area contributed by atoms with Crippen LogP contribution in [-0.4, -0.2) is 16.5 Å². The minimum absolute atomic E-state index is 0.0404. The number of hydrogen-bond donors (Lipinski definition) is 2. The second kappa shape index (κ2) is 4.03. The minimum Gasteiger partial charge on any atom is -0.384 e. The Balaban J connectivity index is 1.88. The van der Waals surface area contributed by atoms with E-state index in [0.29, 0.717) is 11.3 Å². The molecule has 0 bridgehead atoms. The highest BCUT2D eigenvalue weighted by Gasteiger charge is 2.15. The van der Waals surface area contributed by atoms with Crippen molar-refractivity contribution in [3.63, 3.8) is 0 Å². The molecular formula is C15H11F2N3. The zero-order valence-electron chi connectivity index (χ0n) is 10.5. The van der Waals surface area contributed by atoms with Gasteiger partial charge < -0.3 is 10.3 Å². The number of nitrogens with one attached hydrogen (secondary N) is 2. The van der Waals surface area contributed by atoms with Crippen LogP contribution < -0.4 is 5.32 Å². The molecule has 2 N–H and O–H groups in total. The van der Waals surface area contributed by atoms with Crippen LogP contribution in [0.25, 0.3) is 22.4 Å². The predicted molar refractivity (Wildman–Crippen MR) is 73.6 cm³/mol. The topological polar surface area (TPSA) is 40.7 Å². The number of H-pyrrole nitrogens is 1. The first-order chi connectivity index (χ1) is 9.72.